The van der Waals surface area contributed by atoms with Crippen molar-refractivity contribution < 1.29 is 4.74 Å². The van der Waals surface area contributed by atoms with E-state index in [2.05, 4.69) is 26.0 Å². The van der Waals surface area contributed by atoms with Gasteiger partial charge in [-0.1, -0.05) is 13.0 Å². The number of hydrogen-bond acceptors (Lipinski definition) is 3. The molecule has 0 fully saturated rings. The zero-order valence-electron chi connectivity index (χ0n) is 8.91. The Bertz CT molecular complexity index is 301. The standard InChI is InChI=1S/C11H17NOS/c1-8-4-5-10(13-3)11(6-8)14-9(2)7-12/h4-6,9H,7,12H2,1-3H3. The minimum atomic E-state index is 0.422. The fourth-order valence-electron chi connectivity index (χ4n) is 1.14. The number of methoxy groups -OCH3 is 1. The number of rotatable bonds is 4. The first kappa shape index (κ1) is 11.4. The number of aryl methyl sites for hydroxylation is 1. The number of ether oxygens (including phenoxy) is 1. The van der Waals surface area contributed by atoms with E-state index in [1.807, 2.05) is 6.07 Å². The van der Waals surface area contributed by atoms with Crippen LogP contribution in [0.4, 0.5) is 0 Å². The first-order valence-corrected chi connectivity index (χ1v) is 5.56. The molecule has 1 rings (SSSR count). The maximum atomic E-state index is 5.59. The minimum Gasteiger partial charge on any atom is -0.496 e. The molecule has 0 bridgehead atoms. The Morgan fingerprint density at radius 1 is 1.50 bits per heavy atom. The third kappa shape index (κ3) is 2.93. The molecule has 0 heterocycles. The molecule has 0 saturated heterocycles. The molecule has 0 amide bonds. The van der Waals surface area contributed by atoms with Crippen molar-refractivity contribution in [3.8, 4) is 5.75 Å². The topological polar surface area (TPSA) is 35.2 Å². The van der Waals surface area contributed by atoms with Crippen LogP contribution in [0.5, 0.6) is 5.75 Å². The van der Waals surface area contributed by atoms with Crippen LogP contribution in [0.2, 0.25) is 0 Å². The lowest BCUT2D eigenvalue weighted by molar-refractivity contribution is 0.404. The monoisotopic (exact) mass is 211 g/mol. The summed E-state index contributed by atoms with van der Waals surface area (Å²) in [6, 6.07) is 6.19. The quantitative estimate of drug-likeness (QED) is 0.777. The van der Waals surface area contributed by atoms with E-state index in [4.69, 9.17) is 10.5 Å². The summed E-state index contributed by atoms with van der Waals surface area (Å²) < 4.78 is 5.28. The van der Waals surface area contributed by atoms with Gasteiger partial charge in [-0.2, -0.15) is 0 Å². The van der Waals surface area contributed by atoms with E-state index in [-0.39, 0.29) is 0 Å². The van der Waals surface area contributed by atoms with Gasteiger partial charge in [0.05, 0.1) is 7.11 Å². The van der Waals surface area contributed by atoms with E-state index in [0.29, 0.717) is 11.8 Å². The molecule has 0 spiro atoms. The molecule has 1 aromatic carbocycles. The second kappa shape index (κ2) is 5.27. The molecule has 2 nitrogen and oxygen atoms in total. The Morgan fingerprint density at radius 3 is 2.79 bits per heavy atom. The summed E-state index contributed by atoms with van der Waals surface area (Å²) in [5.74, 6) is 0.931. The van der Waals surface area contributed by atoms with Gasteiger partial charge in [0.1, 0.15) is 5.75 Å². The van der Waals surface area contributed by atoms with Crippen molar-refractivity contribution >= 4 is 11.8 Å². The normalized spacial score (nSPS) is 12.6. The lowest BCUT2D eigenvalue weighted by atomic mass is 10.2. The van der Waals surface area contributed by atoms with Gasteiger partial charge in [-0.15, -0.1) is 11.8 Å². The van der Waals surface area contributed by atoms with Crippen LogP contribution in [0.25, 0.3) is 0 Å². The molecule has 14 heavy (non-hydrogen) atoms. The smallest absolute Gasteiger partial charge is 0.132 e. The van der Waals surface area contributed by atoms with Crippen molar-refractivity contribution in [2.45, 2.75) is 24.0 Å². The van der Waals surface area contributed by atoms with Gasteiger partial charge in [0, 0.05) is 16.7 Å². The largest absolute Gasteiger partial charge is 0.496 e. The average molecular weight is 211 g/mol. The van der Waals surface area contributed by atoms with E-state index in [0.717, 1.165) is 5.75 Å². The Balaban J connectivity index is 2.87. The van der Waals surface area contributed by atoms with Crippen molar-refractivity contribution in [3.63, 3.8) is 0 Å². The van der Waals surface area contributed by atoms with Gasteiger partial charge < -0.3 is 10.5 Å². The average Bonchev–Trinajstić information content (AvgIpc) is 2.18. The summed E-state index contributed by atoms with van der Waals surface area (Å²) in [6.45, 7) is 4.88. The third-order valence-corrected chi connectivity index (χ3v) is 3.15. The molecule has 0 aliphatic carbocycles. The Morgan fingerprint density at radius 2 is 2.21 bits per heavy atom. The van der Waals surface area contributed by atoms with Crippen LogP contribution in [0.3, 0.4) is 0 Å². The first-order chi connectivity index (χ1) is 6.67. The van der Waals surface area contributed by atoms with Gasteiger partial charge in [0.25, 0.3) is 0 Å². The SMILES string of the molecule is COc1ccc(C)cc1SC(C)CN. The maximum absolute atomic E-state index is 5.59. The molecule has 1 unspecified atom stereocenters. The maximum Gasteiger partial charge on any atom is 0.132 e. The fraction of sp³-hybridized carbons (Fsp3) is 0.455. The van der Waals surface area contributed by atoms with E-state index >= 15 is 0 Å². The van der Waals surface area contributed by atoms with Gasteiger partial charge in [-0.05, 0) is 24.6 Å². The molecular formula is C11H17NOS. The first-order valence-electron chi connectivity index (χ1n) is 4.68. The van der Waals surface area contributed by atoms with Crippen LogP contribution >= 0.6 is 11.8 Å². The van der Waals surface area contributed by atoms with Gasteiger partial charge in [-0.3, -0.25) is 0 Å². The Kier molecular flexibility index (Phi) is 4.29. The second-order valence-electron chi connectivity index (χ2n) is 3.32. The Labute approximate surface area is 89.8 Å². The van der Waals surface area contributed by atoms with Crippen molar-refractivity contribution in [1.29, 1.82) is 0 Å². The molecule has 0 aromatic heterocycles. The van der Waals surface area contributed by atoms with Crippen LogP contribution in [0.15, 0.2) is 23.1 Å². The number of thioether (sulfide) groups is 1. The van der Waals surface area contributed by atoms with Gasteiger partial charge in [0.15, 0.2) is 0 Å². The molecule has 0 saturated carbocycles. The van der Waals surface area contributed by atoms with E-state index in [1.165, 1.54) is 10.5 Å². The van der Waals surface area contributed by atoms with E-state index < -0.39 is 0 Å². The summed E-state index contributed by atoms with van der Waals surface area (Å²) >= 11 is 1.76. The highest BCUT2D eigenvalue weighted by Crippen LogP contribution is 2.32. The molecule has 3 heteroatoms. The van der Waals surface area contributed by atoms with E-state index in [1.54, 1.807) is 18.9 Å². The molecule has 0 radical (unpaired) electrons. The van der Waals surface area contributed by atoms with Gasteiger partial charge in [-0.25, -0.2) is 0 Å². The zero-order chi connectivity index (χ0) is 10.6. The highest BCUT2D eigenvalue weighted by Gasteiger charge is 2.07. The van der Waals surface area contributed by atoms with Crippen molar-refractivity contribution in [1.82, 2.24) is 0 Å². The van der Waals surface area contributed by atoms with Crippen LogP contribution in [-0.4, -0.2) is 18.9 Å². The molecule has 1 aromatic rings. The minimum absolute atomic E-state index is 0.422. The van der Waals surface area contributed by atoms with Crippen molar-refractivity contribution in [3.05, 3.63) is 23.8 Å². The predicted octanol–water partition coefficient (Wildman–Crippen LogP) is 2.44. The van der Waals surface area contributed by atoms with Crippen LogP contribution < -0.4 is 10.5 Å². The lowest BCUT2D eigenvalue weighted by Crippen LogP contribution is -2.12. The number of hydrogen-bond donors (Lipinski definition) is 1. The fourth-order valence-corrected chi connectivity index (χ4v) is 2.19. The summed E-state index contributed by atoms with van der Waals surface area (Å²) in [5.41, 5.74) is 6.84. The molecule has 2 N–H and O–H groups in total. The number of benzene rings is 1. The predicted molar refractivity (Wildman–Crippen MR) is 62.1 cm³/mol. The summed E-state index contributed by atoms with van der Waals surface area (Å²) in [5, 5.41) is 0.422. The Hall–Kier alpha value is -0.670. The third-order valence-electron chi connectivity index (χ3n) is 1.98. The lowest BCUT2D eigenvalue weighted by Gasteiger charge is -2.12. The highest BCUT2D eigenvalue weighted by molar-refractivity contribution is 8.00. The summed E-state index contributed by atoms with van der Waals surface area (Å²) in [6.07, 6.45) is 0. The zero-order valence-corrected chi connectivity index (χ0v) is 9.73. The second-order valence-corrected chi connectivity index (χ2v) is 4.80. The van der Waals surface area contributed by atoms with Crippen LogP contribution in [0, 0.1) is 6.92 Å². The molecule has 78 valence electrons. The molecule has 0 aliphatic heterocycles. The molecular weight excluding hydrogens is 194 g/mol. The summed E-state index contributed by atoms with van der Waals surface area (Å²) in [4.78, 5) is 1.17. The highest BCUT2D eigenvalue weighted by atomic mass is 32.2. The van der Waals surface area contributed by atoms with Crippen molar-refractivity contribution in [2.75, 3.05) is 13.7 Å². The van der Waals surface area contributed by atoms with E-state index in [9.17, 15) is 0 Å². The van der Waals surface area contributed by atoms with Gasteiger partial charge in [0.2, 0.25) is 0 Å². The van der Waals surface area contributed by atoms with Crippen LogP contribution in [-0.2, 0) is 0 Å². The molecule has 1 atom stereocenters. The van der Waals surface area contributed by atoms with Crippen molar-refractivity contribution in [2.24, 2.45) is 5.73 Å². The summed E-state index contributed by atoms with van der Waals surface area (Å²) in [7, 11) is 1.70. The molecule has 0 aliphatic rings. The van der Waals surface area contributed by atoms with Crippen LogP contribution in [0.1, 0.15) is 12.5 Å². The number of nitrogens with two attached hydrogens (primary N) is 1. The van der Waals surface area contributed by atoms with Gasteiger partial charge >= 0.3 is 0 Å².